The molecule has 1 aromatic rings. The standard InChI is InChI=1S/C15H19FN2O2/c16-13-5-3-4-12(10-13)11-14(19)17-7-9-18-8-2-1-6-15(18)20/h3-5,10H,1-2,6-9,11H2,(H,17,19). The molecule has 2 amide bonds. The Morgan fingerprint density at radius 1 is 1.35 bits per heavy atom. The van der Waals surface area contributed by atoms with Crippen LogP contribution in [0.2, 0.25) is 0 Å². The van der Waals surface area contributed by atoms with Crippen molar-refractivity contribution in [2.24, 2.45) is 0 Å². The van der Waals surface area contributed by atoms with Crippen LogP contribution in [0.25, 0.3) is 0 Å². The molecule has 0 atom stereocenters. The highest BCUT2D eigenvalue weighted by Crippen LogP contribution is 2.09. The number of likely N-dealkylation sites (tertiary alicyclic amines) is 1. The summed E-state index contributed by atoms with van der Waals surface area (Å²) in [7, 11) is 0. The number of nitrogens with one attached hydrogen (secondary N) is 1. The Balaban J connectivity index is 1.71. The number of halogens is 1. The van der Waals surface area contributed by atoms with Crippen molar-refractivity contribution in [3.63, 3.8) is 0 Å². The van der Waals surface area contributed by atoms with E-state index < -0.39 is 0 Å². The van der Waals surface area contributed by atoms with Gasteiger partial charge in [0.15, 0.2) is 0 Å². The van der Waals surface area contributed by atoms with E-state index in [1.54, 1.807) is 17.0 Å². The summed E-state index contributed by atoms with van der Waals surface area (Å²) >= 11 is 0. The number of hydrogen-bond donors (Lipinski definition) is 1. The van der Waals surface area contributed by atoms with Crippen LogP contribution in [0, 0.1) is 5.82 Å². The first kappa shape index (κ1) is 14.5. The van der Waals surface area contributed by atoms with Crippen molar-refractivity contribution in [2.75, 3.05) is 19.6 Å². The zero-order valence-electron chi connectivity index (χ0n) is 11.4. The van der Waals surface area contributed by atoms with Gasteiger partial charge in [0.05, 0.1) is 6.42 Å². The fourth-order valence-electron chi connectivity index (χ4n) is 2.32. The molecular formula is C15H19FN2O2. The summed E-state index contributed by atoms with van der Waals surface area (Å²) in [5.41, 5.74) is 0.650. The van der Waals surface area contributed by atoms with Gasteiger partial charge in [-0.15, -0.1) is 0 Å². The highest BCUT2D eigenvalue weighted by atomic mass is 19.1. The summed E-state index contributed by atoms with van der Waals surface area (Å²) in [6.07, 6.45) is 2.76. The second-order valence-corrected chi connectivity index (χ2v) is 4.99. The van der Waals surface area contributed by atoms with E-state index in [2.05, 4.69) is 5.32 Å². The number of rotatable bonds is 5. The molecule has 1 fully saturated rings. The average Bonchev–Trinajstić information content (AvgIpc) is 2.41. The predicted octanol–water partition coefficient (Wildman–Crippen LogP) is 1.50. The molecule has 20 heavy (non-hydrogen) atoms. The van der Waals surface area contributed by atoms with Crippen LogP contribution in [0.5, 0.6) is 0 Å². The molecule has 0 aliphatic carbocycles. The van der Waals surface area contributed by atoms with E-state index in [0.717, 1.165) is 19.4 Å². The molecular weight excluding hydrogens is 259 g/mol. The molecule has 0 aromatic heterocycles. The van der Waals surface area contributed by atoms with Crippen molar-refractivity contribution in [2.45, 2.75) is 25.7 Å². The summed E-state index contributed by atoms with van der Waals surface area (Å²) in [4.78, 5) is 25.1. The number of piperidine rings is 1. The highest BCUT2D eigenvalue weighted by molar-refractivity contribution is 5.79. The minimum Gasteiger partial charge on any atom is -0.354 e. The van der Waals surface area contributed by atoms with Gasteiger partial charge in [-0.2, -0.15) is 0 Å². The van der Waals surface area contributed by atoms with E-state index in [9.17, 15) is 14.0 Å². The maximum absolute atomic E-state index is 13.0. The van der Waals surface area contributed by atoms with Gasteiger partial charge in [-0.25, -0.2) is 4.39 Å². The van der Waals surface area contributed by atoms with E-state index in [4.69, 9.17) is 0 Å². The number of carbonyl (C=O) groups excluding carboxylic acids is 2. The molecule has 5 heteroatoms. The van der Waals surface area contributed by atoms with E-state index in [-0.39, 0.29) is 24.1 Å². The Bertz CT molecular complexity index is 491. The number of carbonyl (C=O) groups is 2. The van der Waals surface area contributed by atoms with Gasteiger partial charge in [0.2, 0.25) is 11.8 Å². The van der Waals surface area contributed by atoms with Crippen LogP contribution in [0.1, 0.15) is 24.8 Å². The van der Waals surface area contributed by atoms with Crippen molar-refractivity contribution < 1.29 is 14.0 Å². The summed E-state index contributed by atoms with van der Waals surface area (Å²) in [6, 6.07) is 6.01. The molecule has 1 aliphatic rings. The van der Waals surface area contributed by atoms with Crippen molar-refractivity contribution in [1.82, 2.24) is 10.2 Å². The Morgan fingerprint density at radius 3 is 2.95 bits per heavy atom. The average molecular weight is 278 g/mol. The van der Waals surface area contributed by atoms with E-state index in [0.29, 0.717) is 25.1 Å². The number of benzene rings is 1. The van der Waals surface area contributed by atoms with Gasteiger partial charge in [0, 0.05) is 26.1 Å². The number of hydrogen-bond acceptors (Lipinski definition) is 2. The smallest absolute Gasteiger partial charge is 0.224 e. The van der Waals surface area contributed by atoms with Gasteiger partial charge < -0.3 is 10.2 Å². The molecule has 0 unspecified atom stereocenters. The molecule has 4 nitrogen and oxygen atoms in total. The van der Waals surface area contributed by atoms with Crippen LogP contribution < -0.4 is 5.32 Å². The first-order valence-corrected chi connectivity index (χ1v) is 6.94. The fourth-order valence-corrected chi connectivity index (χ4v) is 2.32. The molecule has 108 valence electrons. The normalized spacial score (nSPS) is 15.2. The molecule has 1 saturated heterocycles. The third-order valence-corrected chi connectivity index (χ3v) is 3.38. The monoisotopic (exact) mass is 278 g/mol. The van der Waals surface area contributed by atoms with E-state index in [1.807, 2.05) is 0 Å². The van der Waals surface area contributed by atoms with Crippen molar-refractivity contribution >= 4 is 11.8 Å². The maximum atomic E-state index is 13.0. The Morgan fingerprint density at radius 2 is 2.20 bits per heavy atom. The second-order valence-electron chi connectivity index (χ2n) is 4.99. The molecule has 1 aromatic carbocycles. The molecule has 0 saturated carbocycles. The van der Waals surface area contributed by atoms with Gasteiger partial charge in [-0.3, -0.25) is 9.59 Å². The quantitative estimate of drug-likeness (QED) is 0.887. The zero-order chi connectivity index (χ0) is 14.4. The highest BCUT2D eigenvalue weighted by Gasteiger charge is 2.17. The molecule has 1 N–H and O–H groups in total. The maximum Gasteiger partial charge on any atom is 0.224 e. The molecule has 0 spiro atoms. The van der Waals surface area contributed by atoms with Crippen LogP contribution in [0.3, 0.4) is 0 Å². The van der Waals surface area contributed by atoms with Crippen molar-refractivity contribution in [1.29, 1.82) is 0 Å². The van der Waals surface area contributed by atoms with Gasteiger partial charge in [0.1, 0.15) is 5.82 Å². The minimum absolute atomic E-state index is 0.153. The zero-order valence-corrected chi connectivity index (χ0v) is 11.4. The third kappa shape index (κ3) is 4.33. The van der Waals surface area contributed by atoms with Gasteiger partial charge in [-0.1, -0.05) is 12.1 Å². The predicted molar refractivity (Wildman–Crippen MR) is 73.5 cm³/mol. The Hall–Kier alpha value is -1.91. The van der Waals surface area contributed by atoms with Crippen LogP contribution in [0.4, 0.5) is 4.39 Å². The Labute approximate surface area is 118 Å². The lowest BCUT2D eigenvalue weighted by Gasteiger charge is -2.26. The van der Waals surface area contributed by atoms with E-state index >= 15 is 0 Å². The van der Waals surface area contributed by atoms with Gasteiger partial charge >= 0.3 is 0 Å². The van der Waals surface area contributed by atoms with Crippen molar-refractivity contribution in [3.05, 3.63) is 35.6 Å². The Kier molecular flexibility index (Phi) is 5.09. The van der Waals surface area contributed by atoms with Crippen LogP contribution in [0.15, 0.2) is 24.3 Å². The lowest BCUT2D eigenvalue weighted by atomic mass is 10.1. The molecule has 0 radical (unpaired) electrons. The second kappa shape index (κ2) is 7.03. The summed E-state index contributed by atoms with van der Waals surface area (Å²) in [5.74, 6) is -0.329. The summed E-state index contributed by atoms with van der Waals surface area (Å²) < 4.78 is 13.0. The lowest BCUT2D eigenvalue weighted by Crippen LogP contribution is -2.41. The van der Waals surface area contributed by atoms with Crippen LogP contribution in [-0.4, -0.2) is 36.3 Å². The lowest BCUT2D eigenvalue weighted by molar-refractivity contribution is -0.133. The van der Waals surface area contributed by atoms with Crippen LogP contribution >= 0.6 is 0 Å². The molecule has 0 bridgehead atoms. The first-order valence-electron chi connectivity index (χ1n) is 6.94. The SMILES string of the molecule is O=C(Cc1cccc(F)c1)NCCN1CCCCC1=O. The third-order valence-electron chi connectivity index (χ3n) is 3.38. The van der Waals surface area contributed by atoms with Crippen LogP contribution in [-0.2, 0) is 16.0 Å². The fraction of sp³-hybridized carbons (Fsp3) is 0.467. The molecule has 2 rings (SSSR count). The van der Waals surface area contributed by atoms with Gasteiger partial charge in [-0.05, 0) is 30.5 Å². The van der Waals surface area contributed by atoms with Crippen molar-refractivity contribution in [3.8, 4) is 0 Å². The van der Waals surface area contributed by atoms with E-state index in [1.165, 1.54) is 12.1 Å². The summed E-state index contributed by atoms with van der Waals surface area (Å²) in [5, 5.41) is 2.76. The minimum atomic E-state index is -0.339. The summed E-state index contributed by atoms with van der Waals surface area (Å²) in [6.45, 7) is 1.77. The number of amides is 2. The molecule has 1 aliphatic heterocycles. The largest absolute Gasteiger partial charge is 0.354 e. The van der Waals surface area contributed by atoms with Gasteiger partial charge in [0.25, 0.3) is 0 Å². The first-order chi connectivity index (χ1) is 9.65. The number of nitrogens with zero attached hydrogens (tertiary/aromatic N) is 1. The molecule has 1 heterocycles. The topological polar surface area (TPSA) is 49.4 Å².